The van der Waals surface area contributed by atoms with Gasteiger partial charge < -0.3 is 9.80 Å². The van der Waals surface area contributed by atoms with Crippen LogP contribution in [0.3, 0.4) is 0 Å². The van der Waals surface area contributed by atoms with Gasteiger partial charge in [0.15, 0.2) is 0 Å². The summed E-state index contributed by atoms with van der Waals surface area (Å²) in [6, 6.07) is 0. The van der Waals surface area contributed by atoms with Gasteiger partial charge in [0, 0.05) is 32.1 Å². The van der Waals surface area contributed by atoms with Crippen LogP contribution in [0.4, 0.5) is 0 Å². The first-order valence-electron chi connectivity index (χ1n) is 8.26. The number of nitrogens with zero attached hydrogens (tertiary/aromatic N) is 2. The van der Waals surface area contributed by atoms with Crippen molar-refractivity contribution in [2.45, 2.75) is 45.4 Å². The predicted molar refractivity (Wildman–Crippen MR) is 77.0 cm³/mol. The lowest BCUT2D eigenvalue weighted by Gasteiger charge is -2.35. The van der Waals surface area contributed by atoms with Crippen molar-refractivity contribution in [3.63, 3.8) is 0 Å². The summed E-state index contributed by atoms with van der Waals surface area (Å²) >= 11 is 0. The van der Waals surface area contributed by atoms with E-state index in [9.17, 15) is 9.59 Å². The molecule has 2 amide bonds. The number of carbonyl (C=O) groups is 2. The average molecular weight is 278 g/mol. The van der Waals surface area contributed by atoms with E-state index in [-0.39, 0.29) is 17.7 Å². The molecule has 0 aromatic rings. The summed E-state index contributed by atoms with van der Waals surface area (Å²) in [6.45, 7) is 5.32. The summed E-state index contributed by atoms with van der Waals surface area (Å²) < 4.78 is 0. The van der Waals surface area contributed by atoms with Crippen molar-refractivity contribution in [1.29, 1.82) is 0 Å². The molecule has 112 valence electrons. The summed E-state index contributed by atoms with van der Waals surface area (Å²) in [6.07, 6.45) is 6.60. The number of rotatable bonds is 5. The van der Waals surface area contributed by atoms with Gasteiger partial charge in [0.1, 0.15) is 0 Å². The molecule has 0 radical (unpaired) electrons. The molecule has 0 bridgehead atoms. The molecule has 3 rings (SSSR count). The maximum atomic E-state index is 12.6. The molecular weight excluding hydrogens is 252 g/mol. The predicted octanol–water partition coefficient (Wildman–Crippen LogP) is 1.89. The smallest absolute Gasteiger partial charge is 0.227 e. The Balaban J connectivity index is 1.56. The third-order valence-electron chi connectivity index (χ3n) is 4.88. The van der Waals surface area contributed by atoms with Crippen LogP contribution in [0.15, 0.2) is 0 Å². The molecule has 1 saturated heterocycles. The molecule has 0 N–H and O–H groups in total. The molecule has 2 aliphatic carbocycles. The lowest BCUT2D eigenvalue weighted by Crippen LogP contribution is -2.47. The topological polar surface area (TPSA) is 40.6 Å². The average Bonchev–Trinajstić information content (AvgIpc) is 3.37. The molecule has 4 nitrogen and oxygen atoms in total. The van der Waals surface area contributed by atoms with E-state index < -0.39 is 0 Å². The summed E-state index contributed by atoms with van der Waals surface area (Å²) in [4.78, 5) is 28.8. The molecule has 20 heavy (non-hydrogen) atoms. The lowest BCUT2D eigenvalue weighted by atomic mass is 9.96. The van der Waals surface area contributed by atoms with Crippen LogP contribution in [0.1, 0.15) is 45.4 Å². The first-order valence-corrected chi connectivity index (χ1v) is 8.26. The van der Waals surface area contributed by atoms with Gasteiger partial charge in [0.05, 0.1) is 5.92 Å². The number of hydrogen-bond acceptors (Lipinski definition) is 2. The minimum Gasteiger partial charge on any atom is -0.342 e. The van der Waals surface area contributed by atoms with Crippen LogP contribution in [0.25, 0.3) is 0 Å². The normalized spacial score (nSPS) is 26.4. The summed E-state index contributed by atoms with van der Waals surface area (Å²) in [7, 11) is 0. The Kier molecular flexibility index (Phi) is 3.99. The number of piperidine rings is 1. The number of likely N-dealkylation sites (tertiary alicyclic amines) is 1. The largest absolute Gasteiger partial charge is 0.342 e. The van der Waals surface area contributed by atoms with E-state index >= 15 is 0 Å². The highest BCUT2D eigenvalue weighted by atomic mass is 16.2. The Bertz CT molecular complexity index is 388. The fourth-order valence-corrected chi connectivity index (χ4v) is 3.21. The highest BCUT2D eigenvalue weighted by Crippen LogP contribution is 2.33. The van der Waals surface area contributed by atoms with Crippen molar-refractivity contribution in [2.75, 3.05) is 26.2 Å². The Hall–Kier alpha value is -1.06. The van der Waals surface area contributed by atoms with Crippen LogP contribution in [0.5, 0.6) is 0 Å². The van der Waals surface area contributed by atoms with Gasteiger partial charge in [-0.1, -0.05) is 0 Å². The first-order chi connectivity index (χ1) is 9.69. The SMILES string of the molecule is CCN(CC1CC1)C(=O)[C@@H]1CCCN(C(=O)C2CC2)C1. The minimum atomic E-state index is 0.0464. The number of amides is 2. The maximum Gasteiger partial charge on any atom is 0.227 e. The van der Waals surface area contributed by atoms with Gasteiger partial charge in [-0.3, -0.25) is 9.59 Å². The zero-order valence-corrected chi connectivity index (χ0v) is 12.5. The molecular formula is C16H26N2O2. The van der Waals surface area contributed by atoms with Gasteiger partial charge in [-0.2, -0.15) is 0 Å². The fourth-order valence-electron chi connectivity index (χ4n) is 3.21. The van der Waals surface area contributed by atoms with Crippen molar-refractivity contribution >= 4 is 11.8 Å². The van der Waals surface area contributed by atoms with Crippen molar-refractivity contribution in [3.05, 3.63) is 0 Å². The van der Waals surface area contributed by atoms with Crippen LogP contribution in [0, 0.1) is 17.8 Å². The van der Waals surface area contributed by atoms with Gasteiger partial charge in [-0.15, -0.1) is 0 Å². The summed E-state index contributed by atoms with van der Waals surface area (Å²) in [5, 5.41) is 0. The fraction of sp³-hybridized carbons (Fsp3) is 0.875. The second kappa shape index (κ2) is 5.74. The standard InChI is InChI=1S/C16H26N2O2/c1-2-17(10-12-5-6-12)16(20)14-4-3-9-18(11-14)15(19)13-7-8-13/h12-14H,2-11H2,1H3/t14-/m1/s1. The van der Waals surface area contributed by atoms with E-state index in [1.54, 1.807) is 0 Å². The van der Waals surface area contributed by atoms with E-state index in [0.29, 0.717) is 12.5 Å². The highest BCUT2D eigenvalue weighted by molar-refractivity contribution is 5.83. The maximum absolute atomic E-state index is 12.6. The molecule has 0 unspecified atom stereocenters. The Labute approximate surface area is 121 Å². The van der Waals surface area contributed by atoms with Crippen LogP contribution >= 0.6 is 0 Å². The number of hydrogen-bond donors (Lipinski definition) is 0. The first kappa shape index (κ1) is 13.9. The lowest BCUT2D eigenvalue weighted by molar-refractivity contribution is -0.141. The number of carbonyl (C=O) groups excluding carboxylic acids is 2. The second-order valence-electron chi connectivity index (χ2n) is 6.72. The second-order valence-corrected chi connectivity index (χ2v) is 6.72. The zero-order valence-electron chi connectivity index (χ0n) is 12.5. The molecule has 3 fully saturated rings. The van der Waals surface area contributed by atoms with E-state index in [4.69, 9.17) is 0 Å². The van der Waals surface area contributed by atoms with E-state index in [0.717, 1.165) is 51.2 Å². The van der Waals surface area contributed by atoms with Crippen molar-refractivity contribution in [2.24, 2.45) is 17.8 Å². The summed E-state index contributed by atoms with van der Waals surface area (Å²) in [5.74, 6) is 1.65. The van der Waals surface area contributed by atoms with Crippen LogP contribution in [-0.4, -0.2) is 47.8 Å². The monoisotopic (exact) mass is 278 g/mol. The molecule has 4 heteroatoms. The van der Waals surface area contributed by atoms with Gasteiger partial charge in [0.25, 0.3) is 0 Å². The van der Waals surface area contributed by atoms with Gasteiger partial charge in [-0.05, 0) is 51.4 Å². The van der Waals surface area contributed by atoms with E-state index in [1.807, 2.05) is 9.80 Å². The van der Waals surface area contributed by atoms with E-state index in [1.165, 1.54) is 12.8 Å². The third kappa shape index (κ3) is 3.15. The van der Waals surface area contributed by atoms with E-state index in [2.05, 4.69) is 6.92 Å². The molecule has 1 aliphatic heterocycles. The molecule has 1 atom stereocenters. The third-order valence-corrected chi connectivity index (χ3v) is 4.88. The molecule has 0 aromatic heterocycles. The van der Waals surface area contributed by atoms with Crippen molar-refractivity contribution in [3.8, 4) is 0 Å². The van der Waals surface area contributed by atoms with Crippen molar-refractivity contribution < 1.29 is 9.59 Å². The van der Waals surface area contributed by atoms with Crippen molar-refractivity contribution in [1.82, 2.24) is 9.80 Å². The minimum absolute atomic E-state index is 0.0464. The Morgan fingerprint density at radius 1 is 1.10 bits per heavy atom. The van der Waals surface area contributed by atoms with Crippen LogP contribution in [0.2, 0.25) is 0 Å². The van der Waals surface area contributed by atoms with Crippen LogP contribution in [-0.2, 0) is 9.59 Å². The van der Waals surface area contributed by atoms with Gasteiger partial charge in [-0.25, -0.2) is 0 Å². The molecule has 2 saturated carbocycles. The zero-order chi connectivity index (χ0) is 14.1. The van der Waals surface area contributed by atoms with Gasteiger partial charge in [0.2, 0.25) is 11.8 Å². The quantitative estimate of drug-likeness (QED) is 0.770. The summed E-state index contributed by atoms with van der Waals surface area (Å²) in [5.41, 5.74) is 0. The molecule has 3 aliphatic rings. The Morgan fingerprint density at radius 3 is 2.45 bits per heavy atom. The molecule has 0 aromatic carbocycles. The molecule has 0 spiro atoms. The van der Waals surface area contributed by atoms with Crippen LogP contribution < -0.4 is 0 Å². The Morgan fingerprint density at radius 2 is 1.85 bits per heavy atom. The molecule has 1 heterocycles. The highest BCUT2D eigenvalue weighted by Gasteiger charge is 2.38. The van der Waals surface area contributed by atoms with Gasteiger partial charge >= 0.3 is 0 Å².